The Bertz CT molecular complexity index is 856. The molecule has 2 N–H and O–H groups in total. The zero-order valence-corrected chi connectivity index (χ0v) is 15.1. The summed E-state index contributed by atoms with van der Waals surface area (Å²) in [5.74, 6) is 0.425. The Kier molecular flexibility index (Phi) is 5.69. The largest absolute Gasteiger partial charge is 0.334 e. The van der Waals surface area contributed by atoms with E-state index in [0.29, 0.717) is 19.0 Å². The molecular weight excluding hydrogens is 324 g/mol. The van der Waals surface area contributed by atoms with Crippen LogP contribution >= 0.6 is 0 Å². The molecule has 0 atom stereocenters. The zero-order valence-electron chi connectivity index (χ0n) is 15.1. The fourth-order valence-electron chi connectivity index (χ4n) is 2.78. The second-order valence-corrected chi connectivity index (χ2v) is 6.56. The average molecular weight is 348 g/mol. The maximum absolute atomic E-state index is 12.3. The summed E-state index contributed by atoms with van der Waals surface area (Å²) in [5.41, 5.74) is 4.22. The predicted molar refractivity (Wildman–Crippen MR) is 104 cm³/mol. The number of nitrogens with one attached hydrogen (secondary N) is 2. The van der Waals surface area contributed by atoms with Gasteiger partial charge in [-0.2, -0.15) is 5.10 Å². The van der Waals surface area contributed by atoms with Crippen LogP contribution in [0.4, 0.5) is 10.5 Å². The molecule has 1 aromatic heterocycles. The van der Waals surface area contributed by atoms with Crippen LogP contribution in [0.1, 0.15) is 36.5 Å². The summed E-state index contributed by atoms with van der Waals surface area (Å²) in [7, 11) is 0. The number of amides is 2. The second kappa shape index (κ2) is 8.34. The van der Waals surface area contributed by atoms with Crippen LogP contribution in [0.5, 0.6) is 0 Å². The van der Waals surface area contributed by atoms with Crippen LogP contribution in [0.3, 0.4) is 0 Å². The summed E-state index contributed by atoms with van der Waals surface area (Å²) in [5, 5.41) is 10.1. The lowest BCUT2D eigenvalue weighted by Crippen LogP contribution is -2.28. The molecule has 0 radical (unpaired) electrons. The molecule has 5 nitrogen and oxygen atoms in total. The van der Waals surface area contributed by atoms with Gasteiger partial charge in [-0.05, 0) is 40.8 Å². The minimum Gasteiger partial charge on any atom is -0.334 e. The molecule has 26 heavy (non-hydrogen) atoms. The van der Waals surface area contributed by atoms with Crippen molar-refractivity contribution in [3.63, 3.8) is 0 Å². The fourth-order valence-corrected chi connectivity index (χ4v) is 2.78. The summed E-state index contributed by atoms with van der Waals surface area (Å²) in [4.78, 5) is 12.3. The number of aromatic nitrogens is 2. The topological polar surface area (TPSA) is 59.0 Å². The number of carbonyl (C=O) groups is 1. The summed E-state index contributed by atoms with van der Waals surface area (Å²) < 4.78 is 1.87. The molecule has 0 fully saturated rings. The molecule has 5 heteroatoms. The molecule has 3 aromatic rings. The Morgan fingerprint density at radius 3 is 2.62 bits per heavy atom. The molecule has 1 heterocycles. The van der Waals surface area contributed by atoms with Crippen LogP contribution in [-0.4, -0.2) is 15.8 Å². The molecule has 0 unspecified atom stereocenters. The SMILES string of the molecule is CC(C)c1cccc(NC(=O)NCc2ccccc2Cn2cccn2)c1. The van der Waals surface area contributed by atoms with Gasteiger partial charge in [-0.3, -0.25) is 4.68 Å². The first-order chi connectivity index (χ1) is 12.6. The first-order valence-electron chi connectivity index (χ1n) is 8.81. The summed E-state index contributed by atoms with van der Waals surface area (Å²) in [6, 6.07) is 17.7. The van der Waals surface area contributed by atoms with Gasteiger partial charge in [-0.15, -0.1) is 0 Å². The van der Waals surface area contributed by atoms with Crippen molar-refractivity contribution in [1.82, 2.24) is 15.1 Å². The number of urea groups is 1. The van der Waals surface area contributed by atoms with Crippen LogP contribution in [0, 0.1) is 0 Å². The third-order valence-electron chi connectivity index (χ3n) is 4.26. The quantitative estimate of drug-likeness (QED) is 0.695. The lowest BCUT2D eigenvalue weighted by atomic mass is 10.0. The Morgan fingerprint density at radius 1 is 1.08 bits per heavy atom. The van der Waals surface area contributed by atoms with Gasteiger partial charge in [0.25, 0.3) is 0 Å². The van der Waals surface area contributed by atoms with Gasteiger partial charge in [0.1, 0.15) is 0 Å². The number of carbonyl (C=O) groups excluding carboxylic acids is 1. The van der Waals surface area contributed by atoms with Crippen LogP contribution < -0.4 is 10.6 Å². The Balaban J connectivity index is 1.60. The molecule has 3 rings (SSSR count). The molecule has 0 saturated heterocycles. The van der Waals surface area contributed by atoms with Crippen molar-refractivity contribution in [3.05, 3.63) is 83.7 Å². The van der Waals surface area contributed by atoms with Gasteiger partial charge in [0.05, 0.1) is 6.54 Å². The lowest BCUT2D eigenvalue weighted by Gasteiger charge is -2.13. The van der Waals surface area contributed by atoms with Gasteiger partial charge in [-0.25, -0.2) is 4.79 Å². The summed E-state index contributed by atoms with van der Waals surface area (Å²) in [6.07, 6.45) is 3.69. The Morgan fingerprint density at radius 2 is 1.88 bits per heavy atom. The van der Waals surface area contributed by atoms with Gasteiger partial charge >= 0.3 is 6.03 Å². The highest BCUT2D eigenvalue weighted by Crippen LogP contribution is 2.18. The first kappa shape index (κ1) is 17.7. The number of hydrogen-bond donors (Lipinski definition) is 2. The van der Waals surface area contributed by atoms with Crippen LogP contribution in [0.2, 0.25) is 0 Å². The van der Waals surface area contributed by atoms with E-state index in [1.54, 1.807) is 6.20 Å². The second-order valence-electron chi connectivity index (χ2n) is 6.56. The molecular formula is C21H24N4O. The monoisotopic (exact) mass is 348 g/mol. The highest BCUT2D eigenvalue weighted by atomic mass is 16.2. The van der Waals surface area contributed by atoms with Crippen molar-refractivity contribution in [2.24, 2.45) is 0 Å². The van der Waals surface area contributed by atoms with E-state index in [9.17, 15) is 4.79 Å². The van der Waals surface area contributed by atoms with Crippen molar-refractivity contribution in [2.45, 2.75) is 32.9 Å². The molecule has 0 aliphatic carbocycles. The summed E-state index contributed by atoms with van der Waals surface area (Å²) in [6.45, 7) is 5.42. The summed E-state index contributed by atoms with van der Waals surface area (Å²) >= 11 is 0. The van der Waals surface area contributed by atoms with Crippen molar-refractivity contribution in [2.75, 3.05) is 5.32 Å². The maximum atomic E-state index is 12.3. The standard InChI is InChI=1S/C21H24N4O/c1-16(2)17-9-5-10-20(13-17)24-21(26)22-14-18-7-3-4-8-19(18)15-25-12-6-11-23-25/h3-13,16H,14-15H2,1-2H3,(H2,22,24,26). The number of anilines is 1. The number of benzene rings is 2. The fraction of sp³-hybridized carbons (Fsp3) is 0.238. The molecule has 0 spiro atoms. The van der Waals surface area contributed by atoms with E-state index in [-0.39, 0.29) is 6.03 Å². The molecule has 0 aliphatic rings. The predicted octanol–water partition coefficient (Wildman–Crippen LogP) is 4.38. The minimum atomic E-state index is -0.209. The third kappa shape index (κ3) is 4.72. The van der Waals surface area contributed by atoms with Gasteiger partial charge in [-0.1, -0.05) is 50.2 Å². The van der Waals surface area contributed by atoms with E-state index in [1.807, 2.05) is 53.3 Å². The third-order valence-corrected chi connectivity index (χ3v) is 4.26. The molecule has 2 aromatic carbocycles. The van der Waals surface area contributed by atoms with Crippen molar-refractivity contribution >= 4 is 11.7 Å². The Hall–Kier alpha value is -3.08. The molecule has 0 bridgehead atoms. The van der Waals surface area contributed by atoms with E-state index < -0.39 is 0 Å². The van der Waals surface area contributed by atoms with E-state index in [4.69, 9.17) is 0 Å². The maximum Gasteiger partial charge on any atom is 0.319 e. The van der Waals surface area contributed by atoms with E-state index in [2.05, 4.69) is 41.7 Å². The normalized spacial score (nSPS) is 10.7. The zero-order chi connectivity index (χ0) is 18.4. The highest BCUT2D eigenvalue weighted by molar-refractivity contribution is 5.89. The molecule has 2 amide bonds. The van der Waals surface area contributed by atoms with Gasteiger partial charge in [0.15, 0.2) is 0 Å². The first-order valence-corrected chi connectivity index (χ1v) is 8.81. The lowest BCUT2D eigenvalue weighted by molar-refractivity contribution is 0.251. The molecule has 0 aliphatic heterocycles. The van der Waals surface area contributed by atoms with Gasteiger partial charge in [0.2, 0.25) is 0 Å². The van der Waals surface area contributed by atoms with Crippen molar-refractivity contribution < 1.29 is 4.79 Å². The number of hydrogen-bond acceptors (Lipinski definition) is 2. The van der Waals surface area contributed by atoms with E-state index in [1.165, 1.54) is 5.56 Å². The van der Waals surface area contributed by atoms with Gasteiger partial charge < -0.3 is 10.6 Å². The van der Waals surface area contributed by atoms with E-state index >= 15 is 0 Å². The van der Waals surface area contributed by atoms with Crippen molar-refractivity contribution in [3.8, 4) is 0 Å². The van der Waals surface area contributed by atoms with Crippen LogP contribution in [0.15, 0.2) is 67.0 Å². The molecule has 0 saturated carbocycles. The average Bonchev–Trinajstić information content (AvgIpc) is 3.14. The van der Waals surface area contributed by atoms with Crippen molar-refractivity contribution in [1.29, 1.82) is 0 Å². The Labute approximate surface area is 154 Å². The highest BCUT2D eigenvalue weighted by Gasteiger charge is 2.07. The smallest absolute Gasteiger partial charge is 0.319 e. The van der Waals surface area contributed by atoms with Crippen LogP contribution in [-0.2, 0) is 13.1 Å². The minimum absolute atomic E-state index is 0.209. The number of rotatable bonds is 6. The van der Waals surface area contributed by atoms with E-state index in [0.717, 1.165) is 16.8 Å². The number of nitrogens with zero attached hydrogens (tertiary/aromatic N) is 2. The molecule has 134 valence electrons. The van der Waals surface area contributed by atoms with Crippen LogP contribution in [0.25, 0.3) is 0 Å². The van der Waals surface area contributed by atoms with Gasteiger partial charge in [0, 0.05) is 24.6 Å².